The van der Waals surface area contributed by atoms with Gasteiger partial charge in [-0.05, 0) is 20.8 Å². The number of rotatable bonds is 6. The van der Waals surface area contributed by atoms with Crippen molar-refractivity contribution in [3.8, 4) is 0 Å². The lowest BCUT2D eigenvalue weighted by Gasteiger charge is -2.17. The fourth-order valence-electron chi connectivity index (χ4n) is 0.546. The Morgan fingerprint density at radius 2 is 2.00 bits per heavy atom. The number of hydrogen-bond acceptors (Lipinski definition) is 3. The van der Waals surface area contributed by atoms with Crippen LogP contribution < -0.4 is 0 Å². The van der Waals surface area contributed by atoms with E-state index in [1.165, 1.54) is 5.23 Å². The molecule has 0 bridgehead atoms. The summed E-state index contributed by atoms with van der Waals surface area (Å²) < 4.78 is 0. The van der Waals surface area contributed by atoms with Crippen molar-refractivity contribution in [2.75, 3.05) is 19.8 Å². The molecule has 0 heterocycles. The molecule has 0 fully saturated rings. The minimum Gasteiger partial charge on any atom is -0.274 e. The predicted octanol–water partition coefficient (Wildman–Crippen LogP) is 1.77. The van der Waals surface area contributed by atoms with Gasteiger partial charge in [0.25, 0.3) is 0 Å². The lowest BCUT2D eigenvalue weighted by atomic mass is 10.4. The summed E-state index contributed by atoms with van der Waals surface area (Å²) >= 11 is 0. The van der Waals surface area contributed by atoms with Crippen molar-refractivity contribution in [2.24, 2.45) is 0 Å². The standard InChI is InChI=1S/C8H17NO2/c1-5-9(10-6-2)11-7-8(3)4/h3,5-7H2,1-2,4H3. The van der Waals surface area contributed by atoms with Gasteiger partial charge in [-0.1, -0.05) is 17.4 Å². The molecule has 0 aromatic heterocycles. The van der Waals surface area contributed by atoms with E-state index < -0.39 is 0 Å². The molecule has 0 aliphatic rings. The van der Waals surface area contributed by atoms with E-state index in [9.17, 15) is 0 Å². The zero-order chi connectivity index (χ0) is 8.69. The van der Waals surface area contributed by atoms with Crippen LogP contribution in [0.4, 0.5) is 0 Å². The summed E-state index contributed by atoms with van der Waals surface area (Å²) in [4.78, 5) is 10.3. The lowest BCUT2D eigenvalue weighted by molar-refractivity contribution is -0.360. The largest absolute Gasteiger partial charge is 0.274 e. The molecule has 0 N–H and O–H groups in total. The van der Waals surface area contributed by atoms with Crippen LogP contribution in [-0.4, -0.2) is 25.0 Å². The molecule has 0 aliphatic carbocycles. The first-order valence-corrected chi connectivity index (χ1v) is 3.88. The van der Waals surface area contributed by atoms with Crippen LogP contribution in [0.3, 0.4) is 0 Å². The van der Waals surface area contributed by atoms with Crippen LogP contribution in [0.5, 0.6) is 0 Å². The third-order valence-electron chi connectivity index (χ3n) is 0.986. The quantitative estimate of drug-likeness (QED) is 0.435. The average Bonchev–Trinajstić information content (AvgIpc) is 1.97. The minimum atomic E-state index is 0.522. The molecule has 3 nitrogen and oxygen atoms in total. The van der Waals surface area contributed by atoms with Gasteiger partial charge in [-0.2, -0.15) is 0 Å². The predicted molar refractivity (Wildman–Crippen MR) is 44.8 cm³/mol. The molecule has 3 heteroatoms. The van der Waals surface area contributed by atoms with E-state index in [2.05, 4.69) is 6.58 Å². The van der Waals surface area contributed by atoms with E-state index in [1.807, 2.05) is 20.8 Å². The van der Waals surface area contributed by atoms with Crippen LogP contribution in [0.2, 0.25) is 0 Å². The average molecular weight is 159 g/mol. The number of hydroxylamine groups is 2. The van der Waals surface area contributed by atoms with E-state index >= 15 is 0 Å². The molecule has 0 saturated heterocycles. The summed E-state index contributed by atoms with van der Waals surface area (Å²) in [5.74, 6) is 0. The first-order valence-electron chi connectivity index (χ1n) is 3.88. The monoisotopic (exact) mass is 159 g/mol. The van der Waals surface area contributed by atoms with Crippen molar-refractivity contribution in [3.63, 3.8) is 0 Å². The molecule has 0 atom stereocenters. The SMILES string of the molecule is C=C(C)CON(CC)OCC. The highest BCUT2D eigenvalue weighted by molar-refractivity contribution is 4.86. The maximum atomic E-state index is 5.20. The van der Waals surface area contributed by atoms with Crippen LogP contribution in [0, 0.1) is 0 Å². The molecule has 0 rings (SSSR count). The van der Waals surface area contributed by atoms with E-state index in [0.717, 1.165) is 12.1 Å². The van der Waals surface area contributed by atoms with Gasteiger partial charge in [0.15, 0.2) is 0 Å². The Bertz CT molecular complexity index is 115. The van der Waals surface area contributed by atoms with Gasteiger partial charge in [0.05, 0.1) is 13.2 Å². The highest BCUT2D eigenvalue weighted by Gasteiger charge is 2.00. The normalized spacial score (nSPS) is 10.5. The molecule has 0 aromatic rings. The molecular formula is C8H17NO2. The maximum absolute atomic E-state index is 5.20. The molecule has 0 aliphatic heterocycles. The molecule has 66 valence electrons. The molecule has 0 unspecified atom stereocenters. The van der Waals surface area contributed by atoms with Crippen LogP contribution in [0.1, 0.15) is 20.8 Å². The second kappa shape index (κ2) is 6.34. The van der Waals surface area contributed by atoms with Crippen molar-refractivity contribution in [1.29, 1.82) is 0 Å². The Morgan fingerprint density at radius 1 is 1.36 bits per heavy atom. The first-order chi connectivity index (χ1) is 5.20. The van der Waals surface area contributed by atoms with Gasteiger partial charge >= 0.3 is 0 Å². The van der Waals surface area contributed by atoms with Gasteiger partial charge in [-0.15, -0.1) is 0 Å². The van der Waals surface area contributed by atoms with E-state index in [4.69, 9.17) is 9.68 Å². The van der Waals surface area contributed by atoms with Crippen molar-refractivity contribution in [1.82, 2.24) is 5.23 Å². The number of nitrogens with zero attached hydrogens (tertiary/aromatic N) is 1. The van der Waals surface area contributed by atoms with Crippen LogP contribution in [0.15, 0.2) is 12.2 Å². The molecule has 11 heavy (non-hydrogen) atoms. The van der Waals surface area contributed by atoms with Gasteiger partial charge in [-0.3, -0.25) is 9.68 Å². The fraction of sp³-hybridized carbons (Fsp3) is 0.750. The Balaban J connectivity index is 3.43. The highest BCUT2D eigenvalue weighted by Crippen LogP contribution is 1.95. The highest BCUT2D eigenvalue weighted by atomic mass is 16.9. The van der Waals surface area contributed by atoms with Crippen molar-refractivity contribution in [3.05, 3.63) is 12.2 Å². The third-order valence-corrected chi connectivity index (χ3v) is 0.986. The van der Waals surface area contributed by atoms with Gasteiger partial charge in [0, 0.05) is 6.54 Å². The van der Waals surface area contributed by atoms with Crippen molar-refractivity contribution < 1.29 is 9.68 Å². The van der Waals surface area contributed by atoms with Crippen molar-refractivity contribution >= 4 is 0 Å². The lowest BCUT2D eigenvalue weighted by Crippen LogP contribution is -2.24. The molecule has 0 aromatic carbocycles. The molecule has 0 radical (unpaired) electrons. The Morgan fingerprint density at radius 3 is 2.36 bits per heavy atom. The maximum Gasteiger partial charge on any atom is 0.0917 e. The smallest absolute Gasteiger partial charge is 0.0917 e. The molecule has 0 spiro atoms. The number of hydrogen-bond donors (Lipinski definition) is 0. The Hall–Kier alpha value is -0.380. The molecule has 0 saturated carbocycles. The summed E-state index contributed by atoms with van der Waals surface area (Å²) in [5, 5.41) is 1.47. The Kier molecular flexibility index (Phi) is 6.12. The summed E-state index contributed by atoms with van der Waals surface area (Å²) in [6, 6.07) is 0. The summed E-state index contributed by atoms with van der Waals surface area (Å²) in [7, 11) is 0. The van der Waals surface area contributed by atoms with Crippen LogP contribution in [0.25, 0.3) is 0 Å². The Labute approximate surface area is 68.5 Å². The van der Waals surface area contributed by atoms with E-state index in [1.54, 1.807) is 0 Å². The molecule has 0 amide bonds. The summed E-state index contributed by atoms with van der Waals surface area (Å²) in [6.07, 6.45) is 0. The minimum absolute atomic E-state index is 0.522. The van der Waals surface area contributed by atoms with Gasteiger partial charge in [0.2, 0.25) is 0 Å². The summed E-state index contributed by atoms with van der Waals surface area (Å²) in [6.45, 7) is 11.4. The van der Waals surface area contributed by atoms with Crippen LogP contribution in [-0.2, 0) is 9.68 Å². The second-order valence-electron chi connectivity index (χ2n) is 2.30. The zero-order valence-corrected chi connectivity index (χ0v) is 7.59. The van der Waals surface area contributed by atoms with E-state index in [0.29, 0.717) is 13.2 Å². The van der Waals surface area contributed by atoms with Gasteiger partial charge in [0.1, 0.15) is 0 Å². The molecular weight excluding hydrogens is 142 g/mol. The van der Waals surface area contributed by atoms with Gasteiger partial charge in [-0.25, -0.2) is 0 Å². The first kappa shape index (κ1) is 10.6. The third kappa shape index (κ3) is 6.04. The van der Waals surface area contributed by atoms with E-state index in [-0.39, 0.29) is 0 Å². The zero-order valence-electron chi connectivity index (χ0n) is 7.59. The fourth-order valence-corrected chi connectivity index (χ4v) is 0.546. The van der Waals surface area contributed by atoms with Gasteiger partial charge < -0.3 is 0 Å². The van der Waals surface area contributed by atoms with Crippen LogP contribution >= 0.6 is 0 Å². The second-order valence-corrected chi connectivity index (χ2v) is 2.30. The topological polar surface area (TPSA) is 21.7 Å². The summed E-state index contributed by atoms with van der Waals surface area (Å²) in [5.41, 5.74) is 0.989. The van der Waals surface area contributed by atoms with Crippen molar-refractivity contribution in [2.45, 2.75) is 20.8 Å².